The van der Waals surface area contributed by atoms with E-state index in [9.17, 15) is 4.79 Å². The highest BCUT2D eigenvalue weighted by molar-refractivity contribution is 5.89. The maximum Gasteiger partial charge on any atom is 0.339 e. The Kier molecular flexibility index (Phi) is 3.18. The lowest BCUT2D eigenvalue weighted by Gasteiger charge is -2.15. The van der Waals surface area contributed by atoms with Crippen molar-refractivity contribution in [1.82, 2.24) is 25.2 Å². The zero-order valence-electron chi connectivity index (χ0n) is 10.2. The normalized spacial score (nSPS) is 10.2. The van der Waals surface area contributed by atoms with Crippen LogP contribution in [0.5, 0.6) is 0 Å². The highest BCUT2D eigenvalue weighted by Crippen LogP contribution is 2.17. The van der Waals surface area contributed by atoms with E-state index in [-0.39, 0.29) is 0 Å². The van der Waals surface area contributed by atoms with E-state index < -0.39 is 5.97 Å². The van der Waals surface area contributed by atoms with Gasteiger partial charge in [0.2, 0.25) is 0 Å². The number of carbonyl (C=O) groups excluding carboxylic acids is 1. The molecule has 2 heterocycles. The van der Waals surface area contributed by atoms with Gasteiger partial charge in [-0.3, -0.25) is 4.90 Å². The van der Waals surface area contributed by atoms with Gasteiger partial charge >= 0.3 is 5.97 Å². The predicted molar refractivity (Wildman–Crippen MR) is 62.4 cm³/mol. The van der Waals surface area contributed by atoms with Crippen molar-refractivity contribution in [3.63, 3.8) is 0 Å². The van der Waals surface area contributed by atoms with Crippen molar-refractivity contribution in [2.45, 2.75) is 0 Å². The number of hydrogen-bond donors (Lipinski definition) is 0. The molecule has 2 rings (SSSR count). The van der Waals surface area contributed by atoms with Crippen molar-refractivity contribution < 1.29 is 9.53 Å². The topological polar surface area (TPSA) is 86.0 Å². The molecule has 0 fully saturated rings. The van der Waals surface area contributed by atoms with Crippen molar-refractivity contribution in [3.8, 4) is 0 Å². The van der Waals surface area contributed by atoms with Gasteiger partial charge in [0, 0.05) is 20.3 Å². The Bertz CT molecular complexity index is 550. The van der Waals surface area contributed by atoms with Crippen molar-refractivity contribution in [2.24, 2.45) is 7.05 Å². The smallest absolute Gasteiger partial charge is 0.339 e. The molecule has 2 aromatic rings. The van der Waals surface area contributed by atoms with Crippen LogP contribution in [0.25, 0.3) is 0 Å². The second-order valence-electron chi connectivity index (χ2n) is 3.56. The molecule has 18 heavy (non-hydrogen) atoms. The Morgan fingerprint density at radius 3 is 2.72 bits per heavy atom. The number of methoxy groups -OCH3 is 1. The molecule has 0 radical (unpaired) electrons. The molecular formula is C10H12N6O2. The van der Waals surface area contributed by atoms with Crippen LogP contribution in [-0.2, 0) is 11.8 Å². The highest BCUT2D eigenvalue weighted by Gasteiger charge is 2.13. The molecule has 8 heteroatoms. The fourth-order valence-corrected chi connectivity index (χ4v) is 1.43. The number of aromatic nitrogens is 5. The standard InChI is InChI=1S/C10H12N6O2/c1-15(10-12-13-14-16(10)2)8-5-4-7(6-11-8)9(17)18-3/h4-6H,1-3H3. The first kappa shape index (κ1) is 12.0. The summed E-state index contributed by atoms with van der Waals surface area (Å²) >= 11 is 0. The molecule has 0 bridgehead atoms. The maximum atomic E-state index is 11.3. The molecule has 0 aromatic carbocycles. The molecule has 0 N–H and O–H groups in total. The summed E-state index contributed by atoms with van der Waals surface area (Å²) < 4.78 is 6.12. The predicted octanol–water partition coefficient (Wildman–Crippen LogP) is 0.160. The highest BCUT2D eigenvalue weighted by atomic mass is 16.5. The van der Waals surface area contributed by atoms with Crippen molar-refractivity contribution in [2.75, 3.05) is 19.1 Å². The second kappa shape index (κ2) is 4.78. The van der Waals surface area contributed by atoms with Gasteiger partial charge < -0.3 is 4.74 Å². The minimum absolute atomic E-state index is 0.394. The monoisotopic (exact) mass is 248 g/mol. The van der Waals surface area contributed by atoms with Crippen LogP contribution in [0.15, 0.2) is 18.3 Å². The first-order valence-electron chi connectivity index (χ1n) is 5.14. The van der Waals surface area contributed by atoms with E-state index in [1.165, 1.54) is 18.0 Å². The summed E-state index contributed by atoms with van der Waals surface area (Å²) in [6, 6.07) is 3.33. The molecule has 0 aliphatic carbocycles. The van der Waals surface area contributed by atoms with E-state index in [4.69, 9.17) is 0 Å². The largest absolute Gasteiger partial charge is 0.465 e. The third-order valence-corrected chi connectivity index (χ3v) is 2.41. The minimum Gasteiger partial charge on any atom is -0.465 e. The summed E-state index contributed by atoms with van der Waals surface area (Å²) in [6.45, 7) is 0. The third kappa shape index (κ3) is 2.12. The first-order chi connectivity index (χ1) is 8.63. The Morgan fingerprint density at radius 1 is 1.44 bits per heavy atom. The van der Waals surface area contributed by atoms with Crippen molar-refractivity contribution in [3.05, 3.63) is 23.9 Å². The molecule has 8 nitrogen and oxygen atoms in total. The summed E-state index contributed by atoms with van der Waals surface area (Å²) in [7, 11) is 4.84. The van der Waals surface area contributed by atoms with Crippen LogP contribution in [-0.4, -0.2) is 45.3 Å². The third-order valence-electron chi connectivity index (χ3n) is 2.41. The Hall–Kier alpha value is -2.51. The number of rotatable bonds is 3. The van der Waals surface area contributed by atoms with Crippen LogP contribution in [0.4, 0.5) is 11.8 Å². The maximum absolute atomic E-state index is 11.3. The van der Waals surface area contributed by atoms with Gasteiger partial charge in [-0.1, -0.05) is 5.10 Å². The molecule has 0 aliphatic rings. The fourth-order valence-electron chi connectivity index (χ4n) is 1.43. The molecule has 94 valence electrons. The molecular weight excluding hydrogens is 236 g/mol. The number of ether oxygens (including phenoxy) is 1. The summed E-state index contributed by atoms with van der Waals surface area (Å²) in [5.74, 6) is 0.755. The van der Waals surface area contributed by atoms with E-state index >= 15 is 0 Å². The van der Waals surface area contributed by atoms with E-state index in [2.05, 4.69) is 25.2 Å². The summed E-state index contributed by atoms with van der Waals surface area (Å²) in [4.78, 5) is 17.1. The van der Waals surface area contributed by atoms with E-state index in [1.54, 1.807) is 31.1 Å². The SMILES string of the molecule is COC(=O)c1ccc(N(C)c2nnnn2C)nc1. The average Bonchev–Trinajstić information content (AvgIpc) is 2.83. The number of tetrazole rings is 1. The van der Waals surface area contributed by atoms with Gasteiger partial charge in [0.1, 0.15) is 5.82 Å². The number of hydrogen-bond acceptors (Lipinski definition) is 7. The Balaban J connectivity index is 2.25. The molecule has 2 aromatic heterocycles. The zero-order chi connectivity index (χ0) is 13.1. The van der Waals surface area contributed by atoms with E-state index in [1.807, 2.05) is 0 Å². The number of pyridine rings is 1. The Labute approximate surface area is 103 Å². The van der Waals surface area contributed by atoms with Gasteiger partial charge in [0.15, 0.2) is 0 Å². The van der Waals surface area contributed by atoms with Gasteiger partial charge in [-0.15, -0.1) is 0 Å². The van der Waals surface area contributed by atoms with Gasteiger partial charge in [-0.05, 0) is 22.6 Å². The number of esters is 1. The summed E-state index contributed by atoms with van der Waals surface area (Å²) in [6.07, 6.45) is 1.45. The number of aryl methyl sites for hydroxylation is 1. The Morgan fingerprint density at radius 2 is 2.22 bits per heavy atom. The van der Waals surface area contributed by atoms with Crippen LogP contribution < -0.4 is 4.90 Å². The number of anilines is 2. The molecule has 0 spiro atoms. The zero-order valence-corrected chi connectivity index (χ0v) is 10.2. The van der Waals surface area contributed by atoms with Gasteiger partial charge in [0.05, 0.1) is 12.7 Å². The van der Waals surface area contributed by atoms with E-state index in [0.717, 1.165) is 0 Å². The van der Waals surface area contributed by atoms with Crippen molar-refractivity contribution in [1.29, 1.82) is 0 Å². The minimum atomic E-state index is -0.419. The van der Waals surface area contributed by atoms with Gasteiger partial charge in [-0.2, -0.15) is 0 Å². The quantitative estimate of drug-likeness (QED) is 0.715. The molecule has 0 atom stereocenters. The molecule has 0 saturated heterocycles. The van der Waals surface area contributed by atoms with Gasteiger partial charge in [0.25, 0.3) is 5.95 Å². The first-order valence-corrected chi connectivity index (χ1v) is 5.14. The van der Waals surface area contributed by atoms with Gasteiger partial charge in [-0.25, -0.2) is 14.5 Å². The van der Waals surface area contributed by atoms with E-state index in [0.29, 0.717) is 17.3 Å². The summed E-state index contributed by atoms with van der Waals surface area (Å²) in [5.41, 5.74) is 0.394. The van der Waals surface area contributed by atoms with Crippen LogP contribution in [0, 0.1) is 0 Å². The average molecular weight is 248 g/mol. The molecule has 0 saturated carbocycles. The lowest BCUT2D eigenvalue weighted by molar-refractivity contribution is 0.0600. The fraction of sp³-hybridized carbons (Fsp3) is 0.300. The van der Waals surface area contributed by atoms with Crippen LogP contribution in [0.3, 0.4) is 0 Å². The lowest BCUT2D eigenvalue weighted by Crippen LogP contribution is -2.16. The van der Waals surface area contributed by atoms with Crippen LogP contribution >= 0.6 is 0 Å². The summed E-state index contributed by atoms with van der Waals surface area (Å²) in [5, 5.41) is 11.1. The molecule has 0 amide bonds. The van der Waals surface area contributed by atoms with Crippen LogP contribution in [0.1, 0.15) is 10.4 Å². The molecule has 0 unspecified atom stereocenters. The lowest BCUT2D eigenvalue weighted by atomic mass is 10.3. The number of nitrogens with zero attached hydrogens (tertiary/aromatic N) is 6. The molecule has 0 aliphatic heterocycles. The van der Waals surface area contributed by atoms with Crippen LogP contribution in [0.2, 0.25) is 0 Å². The number of carbonyl (C=O) groups is 1. The second-order valence-corrected chi connectivity index (χ2v) is 3.56. The van der Waals surface area contributed by atoms with Crippen molar-refractivity contribution >= 4 is 17.7 Å².